The van der Waals surface area contributed by atoms with E-state index in [1.807, 2.05) is 0 Å². The minimum Gasteiger partial charge on any atom is -0.369 e. The zero-order valence-corrected chi connectivity index (χ0v) is 10.6. The molecule has 94 valence electrons. The molecule has 0 saturated carbocycles. The normalized spacial score (nSPS) is 19.5. The first-order valence-corrected chi connectivity index (χ1v) is 6.57. The number of aromatic amines is 1. The second-order valence-corrected chi connectivity index (χ2v) is 5.27. The number of aromatic nitrogens is 1. The van der Waals surface area contributed by atoms with Crippen LogP contribution in [0.3, 0.4) is 0 Å². The van der Waals surface area contributed by atoms with Crippen molar-refractivity contribution in [2.45, 2.75) is 38.5 Å². The number of carbonyl (C=O) groups is 1. The van der Waals surface area contributed by atoms with Crippen LogP contribution in [-0.4, -0.2) is 10.9 Å². The van der Waals surface area contributed by atoms with Crippen LogP contribution in [0, 0.1) is 6.92 Å². The lowest BCUT2D eigenvalue weighted by Crippen LogP contribution is -2.21. The number of nitrogens with two attached hydrogens (primary N) is 1. The fraction of sp³-hybridized carbons (Fsp3) is 0.400. The van der Waals surface area contributed by atoms with Crippen LogP contribution < -0.4 is 5.73 Å². The molecule has 1 aromatic heterocycles. The summed E-state index contributed by atoms with van der Waals surface area (Å²) in [6.45, 7) is 2.10. The van der Waals surface area contributed by atoms with Crippen LogP contribution in [0.5, 0.6) is 0 Å². The van der Waals surface area contributed by atoms with Gasteiger partial charge in [0.25, 0.3) is 0 Å². The Morgan fingerprint density at radius 1 is 1.39 bits per heavy atom. The first-order chi connectivity index (χ1) is 8.66. The van der Waals surface area contributed by atoms with Crippen molar-refractivity contribution >= 4 is 16.8 Å². The first-order valence-electron chi connectivity index (χ1n) is 6.57. The predicted molar refractivity (Wildman–Crippen MR) is 72.5 cm³/mol. The van der Waals surface area contributed by atoms with Crippen LogP contribution in [0.15, 0.2) is 18.2 Å². The molecule has 0 aliphatic heterocycles. The molecule has 0 fully saturated rings. The fourth-order valence-corrected chi connectivity index (χ4v) is 3.03. The van der Waals surface area contributed by atoms with Gasteiger partial charge in [-0.2, -0.15) is 0 Å². The Bertz CT molecular complexity index is 612. The van der Waals surface area contributed by atoms with Crippen LogP contribution in [0.4, 0.5) is 0 Å². The van der Waals surface area contributed by atoms with E-state index >= 15 is 0 Å². The molecule has 18 heavy (non-hydrogen) atoms. The van der Waals surface area contributed by atoms with E-state index in [-0.39, 0.29) is 11.8 Å². The molecule has 1 atom stereocenters. The Morgan fingerprint density at radius 2 is 2.22 bits per heavy atom. The quantitative estimate of drug-likeness (QED) is 0.742. The topological polar surface area (TPSA) is 58.9 Å². The maximum absolute atomic E-state index is 11.6. The van der Waals surface area contributed by atoms with Crippen molar-refractivity contribution in [3.8, 4) is 0 Å². The highest BCUT2D eigenvalue weighted by molar-refractivity contribution is 5.89. The van der Waals surface area contributed by atoms with Crippen LogP contribution >= 0.6 is 0 Å². The van der Waals surface area contributed by atoms with Gasteiger partial charge in [-0.25, -0.2) is 0 Å². The van der Waals surface area contributed by atoms with Crippen molar-refractivity contribution in [2.75, 3.05) is 0 Å². The van der Waals surface area contributed by atoms with Gasteiger partial charge in [-0.15, -0.1) is 0 Å². The molecule has 0 radical (unpaired) electrons. The summed E-state index contributed by atoms with van der Waals surface area (Å²) in [5.74, 6) is -0.350. The molecule has 1 aromatic carbocycles. The molecule has 1 aliphatic carbocycles. The SMILES string of the molecule is Cc1ccc2[nH]c3c(c2c1)CCCC[C@H]3C(N)=O. The number of hydrogen-bond acceptors (Lipinski definition) is 1. The van der Waals surface area contributed by atoms with Crippen molar-refractivity contribution in [3.05, 3.63) is 35.0 Å². The van der Waals surface area contributed by atoms with E-state index < -0.39 is 0 Å². The molecule has 0 bridgehead atoms. The number of aryl methyl sites for hydroxylation is 2. The lowest BCUT2D eigenvalue weighted by molar-refractivity contribution is -0.119. The summed E-state index contributed by atoms with van der Waals surface area (Å²) in [7, 11) is 0. The van der Waals surface area contributed by atoms with Gasteiger partial charge in [0.15, 0.2) is 0 Å². The Balaban J connectivity index is 2.24. The summed E-state index contributed by atoms with van der Waals surface area (Å²) >= 11 is 0. The van der Waals surface area contributed by atoms with Gasteiger partial charge < -0.3 is 10.7 Å². The third kappa shape index (κ3) is 1.70. The molecule has 3 N–H and O–H groups in total. The minimum atomic E-state index is -0.207. The number of primary amides is 1. The van der Waals surface area contributed by atoms with Gasteiger partial charge >= 0.3 is 0 Å². The van der Waals surface area contributed by atoms with Crippen molar-refractivity contribution in [1.82, 2.24) is 4.98 Å². The largest absolute Gasteiger partial charge is 0.369 e. The third-order valence-electron chi connectivity index (χ3n) is 3.96. The van der Waals surface area contributed by atoms with Crippen LogP contribution in [-0.2, 0) is 11.2 Å². The number of carbonyl (C=O) groups excluding carboxylic acids is 1. The van der Waals surface area contributed by atoms with Gasteiger partial charge in [0.1, 0.15) is 0 Å². The summed E-state index contributed by atoms with van der Waals surface area (Å²) in [5.41, 5.74) is 10.3. The molecule has 3 heteroatoms. The monoisotopic (exact) mass is 242 g/mol. The number of rotatable bonds is 1. The van der Waals surface area contributed by atoms with Gasteiger partial charge in [0, 0.05) is 16.6 Å². The summed E-state index contributed by atoms with van der Waals surface area (Å²) in [5, 5.41) is 1.26. The number of benzene rings is 1. The first kappa shape index (κ1) is 11.3. The molecule has 0 spiro atoms. The van der Waals surface area contributed by atoms with Crippen molar-refractivity contribution in [3.63, 3.8) is 0 Å². The lowest BCUT2D eigenvalue weighted by Gasteiger charge is -2.09. The minimum absolute atomic E-state index is 0.143. The average Bonchev–Trinajstić information content (AvgIpc) is 2.55. The van der Waals surface area contributed by atoms with E-state index in [0.717, 1.165) is 36.9 Å². The van der Waals surface area contributed by atoms with Gasteiger partial charge in [0.2, 0.25) is 5.91 Å². The van der Waals surface area contributed by atoms with Gasteiger partial charge in [0.05, 0.1) is 5.92 Å². The van der Waals surface area contributed by atoms with E-state index in [9.17, 15) is 4.79 Å². The Morgan fingerprint density at radius 3 is 3.00 bits per heavy atom. The Labute approximate surface area is 106 Å². The van der Waals surface area contributed by atoms with E-state index in [4.69, 9.17) is 5.73 Å². The number of amides is 1. The molecule has 3 rings (SSSR count). The van der Waals surface area contributed by atoms with E-state index in [2.05, 4.69) is 30.1 Å². The van der Waals surface area contributed by atoms with Gasteiger partial charge in [-0.1, -0.05) is 18.1 Å². The average molecular weight is 242 g/mol. The highest BCUT2D eigenvalue weighted by atomic mass is 16.1. The highest BCUT2D eigenvalue weighted by Crippen LogP contribution is 2.35. The zero-order valence-electron chi connectivity index (χ0n) is 10.6. The molecule has 1 aliphatic rings. The van der Waals surface area contributed by atoms with Crippen LogP contribution in [0.1, 0.15) is 42.0 Å². The van der Waals surface area contributed by atoms with E-state index in [0.29, 0.717) is 0 Å². The second kappa shape index (κ2) is 4.16. The summed E-state index contributed by atoms with van der Waals surface area (Å²) in [6.07, 6.45) is 4.12. The van der Waals surface area contributed by atoms with Crippen molar-refractivity contribution in [2.24, 2.45) is 5.73 Å². The van der Waals surface area contributed by atoms with E-state index in [1.54, 1.807) is 0 Å². The Kier molecular flexibility index (Phi) is 2.62. The standard InChI is InChI=1S/C15H18N2O/c1-9-6-7-13-12(8-9)10-4-2-3-5-11(15(16)18)14(10)17-13/h6-8,11,17H,2-5H2,1H3,(H2,16,18)/t11-/m1/s1. The summed E-state index contributed by atoms with van der Waals surface area (Å²) in [4.78, 5) is 15.0. The number of fused-ring (bicyclic) bond motifs is 3. The molecule has 2 aromatic rings. The maximum Gasteiger partial charge on any atom is 0.226 e. The number of hydrogen-bond donors (Lipinski definition) is 2. The zero-order chi connectivity index (χ0) is 12.7. The summed E-state index contributed by atoms with van der Waals surface area (Å²) in [6, 6.07) is 6.39. The molecule has 1 heterocycles. The Hall–Kier alpha value is -1.77. The third-order valence-corrected chi connectivity index (χ3v) is 3.96. The molecule has 3 nitrogen and oxygen atoms in total. The van der Waals surface area contributed by atoms with Gasteiger partial charge in [-0.3, -0.25) is 4.79 Å². The molecular formula is C15H18N2O. The molecular weight excluding hydrogens is 224 g/mol. The highest BCUT2D eigenvalue weighted by Gasteiger charge is 2.26. The fourth-order valence-electron chi connectivity index (χ4n) is 3.03. The summed E-state index contributed by atoms with van der Waals surface area (Å²) < 4.78 is 0. The van der Waals surface area contributed by atoms with E-state index in [1.165, 1.54) is 16.5 Å². The molecule has 0 unspecified atom stereocenters. The second-order valence-electron chi connectivity index (χ2n) is 5.27. The maximum atomic E-state index is 11.6. The predicted octanol–water partition coefficient (Wildman–Crippen LogP) is 2.77. The van der Waals surface area contributed by atoms with Crippen LogP contribution in [0.2, 0.25) is 0 Å². The number of H-pyrrole nitrogens is 1. The molecule has 0 saturated heterocycles. The van der Waals surface area contributed by atoms with Gasteiger partial charge in [-0.05, 0) is 43.9 Å². The number of nitrogens with one attached hydrogen (secondary N) is 1. The molecule has 1 amide bonds. The smallest absolute Gasteiger partial charge is 0.226 e. The van der Waals surface area contributed by atoms with Crippen molar-refractivity contribution in [1.29, 1.82) is 0 Å². The lowest BCUT2D eigenvalue weighted by atomic mass is 9.98. The van der Waals surface area contributed by atoms with Crippen LogP contribution in [0.25, 0.3) is 10.9 Å². The van der Waals surface area contributed by atoms with Crippen molar-refractivity contribution < 1.29 is 4.79 Å².